The first kappa shape index (κ1) is 18.1. The fourth-order valence-electron chi connectivity index (χ4n) is 1.61. The molecule has 0 saturated carbocycles. The lowest BCUT2D eigenvalue weighted by atomic mass is 10.2. The number of hydrogen-bond acceptors (Lipinski definition) is 3. The van der Waals surface area contributed by atoms with Crippen LogP contribution in [0.25, 0.3) is 0 Å². The number of hydrogen-bond donors (Lipinski definition) is 1. The lowest BCUT2D eigenvalue weighted by molar-refractivity contribution is 0.0828. The van der Waals surface area contributed by atoms with Crippen molar-refractivity contribution in [2.24, 2.45) is 0 Å². The Morgan fingerprint density at radius 2 is 1.95 bits per heavy atom. The summed E-state index contributed by atoms with van der Waals surface area (Å²) in [6.07, 6.45) is 1.11. The molecular weight excluding hydrogens is 335 g/mol. The molecular formula is C13H18Cl2N2O3S. The van der Waals surface area contributed by atoms with Crippen molar-refractivity contribution in [3.05, 3.63) is 28.8 Å². The molecule has 0 unspecified atom stereocenters. The van der Waals surface area contributed by atoms with Gasteiger partial charge in [0.25, 0.3) is 5.91 Å². The van der Waals surface area contributed by atoms with Crippen LogP contribution >= 0.6 is 23.2 Å². The molecule has 1 aromatic carbocycles. The van der Waals surface area contributed by atoms with Crippen molar-refractivity contribution < 1.29 is 13.2 Å². The van der Waals surface area contributed by atoms with Gasteiger partial charge < -0.3 is 4.90 Å². The van der Waals surface area contributed by atoms with Crippen LogP contribution in [0.1, 0.15) is 23.2 Å². The second kappa shape index (κ2) is 7.87. The van der Waals surface area contributed by atoms with Crippen molar-refractivity contribution in [1.82, 2.24) is 4.90 Å². The van der Waals surface area contributed by atoms with Crippen molar-refractivity contribution in [2.75, 3.05) is 30.5 Å². The Morgan fingerprint density at radius 3 is 2.52 bits per heavy atom. The number of halogens is 2. The third kappa shape index (κ3) is 5.73. The van der Waals surface area contributed by atoms with Crippen molar-refractivity contribution in [3.8, 4) is 0 Å². The van der Waals surface area contributed by atoms with Crippen LogP contribution in [0, 0.1) is 0 Å². The molecule has 8 heteroatoms. The number of unbranched alkanes of at least 4 members (excludes halogenated alkanes) is 1. The molecule has 0 atom stereocenters. The average molecular weight is 353 g/mol. The summed E-state index contributed by atoms with van der Waals surface area (Å²) >= 11 is 11.5. The predicted octanol–water partition coefficient (Wildman–Crippen LogP) is 2.80. The Hall–Kier alpha value is -0.980. The predicted molar refractivity (Wildman–Crippen MR) is 86.8 cm³/mol. The van der Waals surface area contributed by atoms with Crippen molar-refractivity contribution >= 4 is 44.8 Å². The average Bonchev–Trinajstić information content (AvgIpc) is 2.40. The molecule has 0 saturated heterocycles. The molecule has 0 spiro atoms. The smallest absolute Gasteiger partial charge is 0.254 e. The van der Waals surface area contributed by atoms with Crippen molar-refractivity contribution in [3.63, 3.8) is 0 Å². The summed E-state index contributed by atoms with van der Waals surface area (Å²) in [6, 6.07) is 4.45. The Balaban J connectivity index is 2.90. The van der Waals surface area contributed by atoms with Crippen LogP contribution in [0.5, 0.6) is 0 Å². The van der Waals surface area contributed by atoms with Gasteiger partial charge in [0.1, 0.15) is 0 Å². The second-order valence-corrected chi connectivity index (χ2v) is 7.34. The first-order chi connectivity index (χ1) is 9.76. The van der Waals surface area contributed by atoms with E-state index in [2.05, 4.69) is 4.72 Å². The minimum Gasteiger partial charge on any atom is -0.345 e. The zero-order chi connectivity index (χ0) is 16.0. The van der Waals surface area contributed by atoms with Gasteiger partial charge in [-0.05, 0) is 31.0 Å². The third-order valence-electron chi connectivity index (χ3n) is 2.67. The topological polar surface area (TPSA) is 66.5 Å². The van der Waals surface area contributed by atoms with E-state index in [9.17, 15) is 13.2 Å². The molecule has 0 aromatic heterocycles. The molecule has 118 valence electrons. The van der Waals surface area contributed by atoms with Gasteiger partial charge in [0.05, 0.1) is 16.3 Å². The number of carbonyl (C=O) groups is 1. The molecule has 1 rings (SSSR count). The van der Waals surface area contributed by atoms with E-state index in [4.69, 9.17) is 23.2 Å². The van der Waals surface area contributed by atoms with Crippen molar-refractivity contribution in [2.45, 2.75) is 12.8 Å². The zero-order valence-corrected chi connectivity index (χ0v) is 14.2. The van der Waals surface area contributed by atoms with Gasteiger partial charge in [-0.1, -0.05) is 11.6 Å². The van der Waals surface area contributed by atoms with E-state index in [-0.39, 0.29) is 22.2 Å². The number of amides is 1. The van der Waals surface area contributed by atoms with Crippen LogP contribution in [0.3, 0.4) is 0 Å². The van der Waals surface area contributed by atoms with Gasteiger partial charge in [-0.25, -0.2) is 8.42 Å². The molecule has 21 heavy (non-hydrogen) atoms. The fraction of sp³-hybridized carbons (Fsp3) is 0.462. The highest BCUT2D eigenvalue weighted by Crippen LogP contribution is 2.22. The van der Waals surface area contributed by atoms with Gasteiger partial charge in [-0.15, -0.1) is 11.6 Å². The van der Waals surface area contributed by atoms with E-state index in [1.54, 1.807) is 14.1 Å². The van der Waals surface area contributed by atoms with E-state index in [1.165, 1.54) is 23.1 Å². The molecule has 1 N–H and O–H groups in total. The highest BCUT2D eigenvalue weighted by Gasteiger charge is 2.15. The molecule has 1 amide bonds. The van der Waals surface area contributed by atoms with Gasteiger partial charge >= 0.3 is 0 Å². The standard InChI is InChI=1S/C13H18Cl2N2O3S/c1-17(2)13(18)11-9-10(5-6-12(11)15)16-21(19,20)8-4-3-7-14/h5-6,9,16H,3-4,7-8H2,1-2H3. The van der Waals surface area contributed by atoms with Crippen LogP contribution in [0.4, 0.5) is 5.69 Å². The third-order valence-corrected chi connectivity index (χ3v) is 4.64. The summed E-state index contributed by atoms with van der Waals surface area (Å²) in [6.45, 7) is 0. The molecule has 0 bridgehead atoms. The van der Waals surface area contributed by atoms with E-state index >= 15 is 0 Å². The van der Waals surface area contributed by atoms with E-state index in [0.717, 1.165) is 0 Å². The molecule has 5 nitrogen and oxygen atoms in total. The second-order valence-electron chi connectivity index (χ2n) is 4.71. The zero-order valence-electron chi connectivity index (χ0n) is 11.9. The number of carbonyl (C=O) groups excluding carboxylic acids is 1. The number of anilines is 1. The maximum atomic E-state index is 11.9. The monoisotopic (exact) mass is 352 g/mol. The molecule has 0 fully saturated rings. The van der Waals surface area contributed by atoms with Gasteiger partial charge in [-0.2, -0.15) is 0 Å². The summed E-state index contributed by atoms with van der Waals surface area (Å²) in [5.41, 5.74) is 0.568. The summed E-state index contributed by atoms with van der Waals surface area (Å²) in [5.74, 6) is 0.125. The Labute approximate surface area is 135 Å². The van der Waals surface area contributed by atoms with Crippen LogP contribution in [0.2, 0.25) is 5.02 Å². The highest BCUT2D eigenvalue weighted by molar-refractivity contribution is 7.92. The largest absolute Gasteiger partial charge is 0.345 e. The molecule has 0 aliphatic rings. The molecule has 0 aliphatic carbocycles. The summed E-state index contributed by atoms with van der Waals surface area (Å²) in [4.78, 5) is 13.3. The lowest BCUT2D eigenvalue weighted by Gasteiger charge is -2.13. The van der Waals surface area contributed by atoms with E-state index in [0.29, 0.717) is 24.4 Å². The Kier molecular flexibility index (Phi) is 6.77. The fourth-order valence-corrected chi connectivity index (χ4v) is 3.17. The van der Waals surface area contributed by atoms with Crippen LogP contribution < -0.4 is 4.72 Å². The summed E-state index contributed by atoms with van der Waals surface area (Å²) < 4.78 is 26.2. The number of nitrogens with zero attached hydrogens (tertiary/aromatic N) is 1. The van der Waals surface area contributed by atoms with Gasteiger partial charge in [0.2, 0.25) is 10.0 Å². The Bertz CT molecular complexity index is 603. The quantitative estimate of drug-likeness (QED) is 0.606. The molecule has 1 aromatic rings. The molecule has 0 heterocycles. The molecule has 0 aliphatic heterocycles. The number of rotatable bonds is 7. The first-order valence-corrected chi connectivity index (χ1v) is 8.91. The maximum absolute atomic E-state index is 11.9. The summed E-state index contributed by atoms with van der Waals surface area (Å²) in [7, 11) is -0.261. The number of sulfonamides is 1. The van der Waals surface area contributed by atoms with E-state index in [1.807, 2.05) is 0 Å². The Morgan fingerprint density at radius 1 is 1.29 bits per heavy atom. The number of nitrogens with one attached hydrogen (secondary N) is 1. The van der Waals surface area contributed by atoms with Crippen LogP contribution in [0.15, 0.2) is 18.2 Å². The SMILES string of the molecule is CN(C)C(=O)c1cc(NS(=O)(=O)CCCCCl)ccc1Cl. The van der Waals surface area contributed by atoms with Crippen molar-refractivity contribution in [1.29, 1.82) is 0 Å². The highest BCUT2D eigenvalue weighted by atomic mass is 35.5. The van der Waals surface area contributed by atoms with Crippen LogP contribution in [-0.2, 0) is 10.0 Å². The number of alkyl halides is 1. The van der Waals surface area contributed by atoms with Gasteiger partial charge in [0.15, 0.2) is 0 Å². The first-order valence-electron chi connectivity index (χ1n) is 6.34. The maximum Gasteiger partial charge on any atom is 0.254 e. The van der Waals surface area contributed by atoms with Gasteiger partial charge in [0, 0.05) is 25.7 Å². The minimum atomic E-state index is -3.46. The summed E-state index contributed by atoms with van der Waals surface area (Å²) in [5, 5.41) is 0.277. The molecule has 0 radical (unpaired) electrons. The van der Waals surface area contributed by atoms with Gasteiger partial charge in [-0.3, -0.25) is 9.52 Å². The normalized spacial score (nSPS) is 11.2. The van der Waals surface area contributed by atoms with Crippen LogP contribution in [-0.4, -0.2) is 45.0 Å². The lowest BCUT2D eigenvalue weighted by Crippen LogP contribution is -2.22. The minimum absolute atomic E-state index is 0.0146. The van der Waals surface area contributed by atoms with E-state index < -0.39 is 10.0 Å². The number of benzene rings is 1.